The van der Waals surface area contributed by atoms with E-state index in [4.69, 9.17) is 14.7 Å². The second-order valence-corrected chi connectivity index (χ2v) is 15.7. The number of ether oxygens (including phenoxy) is 1. The molecule has 0 radical (unpaired) electrons. The zero-order valence-electron chi connectivity index (χ0n) is 28.0. The van der Waals surface area contributed by atoms with Gasteiger partial charge in [0.25, 0.3) is 0 Å². The molecule has 8 heteroatoms. The van der Waals surface area contributed by atoms with Crippen LogP contribution in [-0.2, 0) is 22.5 Å². The molecule has 1 fully saturated rings. The maximum atomic E-state index is 12.8. The van der Waals surface area contributed by atoms with Gasteiger partial charge in [-0.25, -0.2) is 9.78 Å². The number of thiazole rings is 1. The third-order valence-electron chi connectivity index (χ3n) is 9.28. The van der Waals surface area contributed by atoms with Crippen LogP contribution in [0.25, 0.3) is 21.3 Å². The largest absolute Gasteiger partial charge is 0.479 e. The molecule has 7 nitrogen and oxygen atoms in total. The summed E-state index contributed by atoms with van der Waals surface area (Å²) < 4.78 is 7.49. The topological polar surface area (TPSA) is 78.8 Å². The van der Waals surface area contributed by atoms with E-state index < -0.39 is 17.7 Å². The van der Waals surface area contributed by atoms with Gasteiger partial charge < -0.3 is 19.6 Å². The molecular weight excluding hydrogens is 580 g/mol. The number of aryl methyl sites for hydroxylation is 3. The summed E-state index contributed by atoms with van der Waals surface area (Å²) in [4.78, 5) is 27.5. The lowest BCUT2D eigenvalue weighted by molar-refractivity contribution is -0.160. The minimum atomic E-state index is -1.12. The Morgan fingerprint density at radius 2 is 1.69 bits per heavy atom. The molecule has 1 saturated heterocycles. The molecule has 4 aromatic rings. The molecule has 0 spiro atoms. The number of carboxylic acid groups (broad SMARTS) is 1. The molecule has 0 saturated carbocycles. The zero-order chi connectivity index (χ0) is 32.3. The molecule has 2 aliphatic rings. The molecule has 238 valence electrons. The lowest BCUT2D eigenvalue weighted by Crippen LogP contribution is -2.39. The Morgan fingerprint density at radius 1 is 0.956 bits per heavy atom. The maximum Gasteiger partial charge on any atom is 0.337 e. The Labute approximate surface area is 271 Å². The number of aromatic nitrogens is 2. The Morgan fingerprint density at radius 3 is 2.38 bits per heavy atom. The van der Waals surface area contributed by atoms with E-state index in [1.54, 1.807) is 11.3 Å². The highest BCUT2D eigenvalue weighted by molar-refractivity contribution is 7.22. The van der Waals surface area contributed by atoms with E-state index in [1.807, 2.05) is 27.7 Å². The van der Waals surface area contributed by atoms with Crippen molar-refractivity contribution in [2.75, 3.05) is 29.4 Å². The van der Waals surface area contributed by atoms with Gasteiger partial charge in [0.05, 0.1) is 21.5 Å². The second-order valence-electron chi connectivity index (χ2n) is 14.6. The van der Waals surface area contributed by atoms with Crippen LogP contribution in [0.3, 0.4) is 0 Å². The van der Waals surface area contributed by atoms with Crippen molar-refractivity contribution < 1.29 is 14.6 Å². The van der Waals surface area contributed by atoms with Crippen LogP contribution in [0.1, 0.15) is 87.2 Å². The van der Waals surface area contributed by atoms with Gasteiger partial charge in [-0.1, -0.05) is 49.4 Å². The van der Waals surface area contributed by atoms with Crippen LogP contribution in [-0.4, -0.2) is 46.3 Å². The quantitative estimate of drug-likeness (QED) is 0.230. The normalized spacial score (nSPS) is 17.4. The van der Waals surface area contributed by atoms with Crippen LogP contribution in [0.4, 0.5) is 10.8 Å². The third kappa shape index (κ3) is 6.45. The first-order valence-corrected chi connectivity index (χ1v) is 16.9. The summed E-state index contributed by atoms with van der Waals surface area (Å²) >= 11 is 1.76. The number of nitrogens with zero attached hydrogens (tertiary/aromatic N) is 4. The summed E-state index contributed by atoms with van der Waals surface area (Å²) in [5.41, 5.74) is 9.94. The molecule has 45 heavy (non-hydrogen) atoms. The van der Waals surface area contributed by atoms with Crippen molar-refractivity contribution in [2.24, 2.45) is 5.41 Å². The predicted molar refractivity (Wildman–Crippen MR) is 185 cm³/mol. The molecule has 2 aromatic heterocycles. The molecule has 4 heterocycles. The van der Waals surface area contributed by atoms with Crippen LogP contribution in [0.2, 0.25) is 0 Å². The summed E-state index contributed by atoms with van der Waals surface area (Å²) in [6.45, 7) is 19.9. The average molecular weight is 627 g/mol. The molecule has 1 unspecified atom stereocenters. The van der Waals surface area contributed by atoms with Crippen molar-refractivity contribution in [1.82, 2.24) is 9.97 Å². The third-order valence-corrected chi connectivity index (χ3v) is 10.4. The lowest BCUT2D eigenvalue weighted by Gasteiger charge is -2.41. The number of anilines is 2. The van der Waals surface area contributed by atoms with Crippen LogP contribution < -0.4 is 9.80 Å². The molecule has 2 aliphatic heterocycles. The number of pyridine rings is 1. The molecule has 2 aromatic carbocycles. The van der Waals surface area contributed by atoms with E-state index in [0.29, 0.717) is 11.3 Å². The van der Waals surface area contributed by atoms with E-state index in [0.717, 1.165) is 78.6 Å². The van der Waals surface area contributed by atoms with Gasteiger partial charge in [-0.3, -0.25) is 4.98 Å². The van der Waals surface area contributed by atoms with Crippen molar-refractivity contribution in [3.8, 4) is 11.1 Å². The number of aliphatic carboxylic acids is 1. The van der Waals surface area contributed by atoms with E-state index in [9.17, 15) is 9.90 Å². The van der Waals surface area contributed by atoms with Crippen molar-refractivity contribution in [1.29, 1.82) is 0 Å². The van der Waals surface area contributed by atoms with E-state index in [-0.39, 0.29) is 5.41 Å². The van der Waals surface area contributed by atoms with Gasteiger partial charge in [-0.05, 0) is 101 Å². The second kappa shape index (κ2) is 11.7. The number of hydrogen-bond acceptors (Lipinski definition) is 7. The molecule has 0 amide bonds. The van der Waals surface area contributed by atoms with Crippen LogP contribution in [0.5, 0.6) is 0 Å². The van der Waals surface area contributed by atoms with Gasteiger partial charge in [0, 0.05) is 48.7 Å². The standard InChI is InChI=1S/C37H46N4O3S/c1-22-9-12-28-29(19-22)45-35(39-28)41-16-13-25-20-26(10-11-27(25)21-41)30-23(2)38-24(3)31(33(34(42)43)44-36(4,5)6)32(30)40-17-14-37(7,8)15-18-40/h9-12,19-20,33H,13-18,21H2,1-8H3,(H,42,43). The number of carbonyl (C=O) groups is 1. The van der Waals surface area contributed by atoms with Crippen molar-refractivity contribution >= 4 is 38.3 Å². The molecule has 1 N–H and O–H groups in total. The SMILES string of the molecule is Cc1ccc2nc(N3CCc4cc(-c5c(C)nc(C)c(C(OC(C)(C)C)C(=O)O)c5N5CCC(C)(C)CC5)ccc4C3)sc2c1. The number of carboxylic acids is 1. The summed E-state index contributed by atoms with van der Waals surface area (Å²) in [7, 11) is 0. The summed E-state index contributed by atoms with van der Waals surface area (Å²) in [5.74, 6) is -0.987. The number of piperidine rings is 1. The number of fused-ring (bicyclic) bond motifs is 2. The average Bonchev–Trinajstić information content (AvgIpc) is 3.38. The smallest absolute Gasteiger partial charge is 0.337 e. The monoisotopic (exact) mass is 626 g/mol. The number of hydrogen-bond donors (Lipinski definition) is 1. The highest BCUT2D eigenvalue weighted by Gasteiger charge is 2.36. The van der Waals surface area contributed by atoms with Gasteiger partial charge in [0.2, 0.25) is 0 Å². The van der Waals surface area contributed by atoms with E-state index >= 15 is 0 Å². The number of rotatable bonds is 6. The molecule has 1 atom stereocenters. The van der Waals surface area contributed by atoms with Gasteiger partial charge in [-0.15, -0.1) is 0 Å². The minimum absolute atomic E-state index is 0.252. The fraction of sp³-hybridized carbons (Fsp3) is 0.486. The molecule has 0 aliphatic carbocycles. The Balaban J connectivity index is 1.42. The number of benzene rings is 2. The van der Waals surface area contributed by atoms with Gasteiger partial charge in [0.15, 0.2) is 11.2 Å². The lowest BCUT2D eigenvalue weighted by atomic mass is 9.81. The highest BCUT2D eigenvalue weighted by atomic mass is 32.1. The van der Waals surface area contributed by atoms with Gasteiger partial charge in [0.1, 0.15) is 0 Å². The van der Waals surface area contributed by atoms with E-state index in [1.165, 1.54) is 21.4 Å². The van der Waals surface area contributed by atoms with Crippen molar-refractivity contribution in [3.05, 3.63) is 70.0 Å². The van der Waals surface area contributed by atoms with Crippen LogP contribution >= 0.6 is 11.3 Å². The summed E-state index contributed by atoms with van der Waals surface area (Å²) in [5, 5.41) is 11.6. The van der Waals surface area contributed by atoms with Crippen molar-refractivity contribution in [2.45, 2.75) is 92.9 Å². The fourth-order valence-electron chi connectivity index (χ4n) is 6.78. The highest BCUT2D eigenvalue weighted by Crippen LogP contribution is 2.45. The first kappa shape index (κ1) is 31.5. The maximum absolute atomic E-state index is 12.8. The van der Waals surface area contributed by atoms with Gasteiger partial charge in [-0.2, -0.15) is 0 Å². The van der Waals surface area contributed by atoms with E-state index in [2.05, 4.69) is 73.9 Å². The molecule has 6 rings (SSSR count). The minimum Gasteiger partial charge on any atom is -0.479 e. The van der Waals surface area contributed by atoms with Gasteiger partial charge >= 0.3 is 5.97 Å². The fourth-order valence-corrected chi connectivity index (χ4v) is 7.87. The first-order valence-electron chi connectivity index (χ1n) is 16.1. The Hall–Kier alpha value is -3.49. The predicted octanol–water partition coefficient (Wildman–Crippen LogP) is 8.41. The van der Waals surface area contributed by atoms with Crippen molar-refractivity contribution in [3.63, 3.8) is 0 Å². The Kier molecular flexibility index (Phi) is 8.19. The first-order chi connectivity index (χ1) is 21.2. The van der Waals surface area contributed by atoms with Crippen LogP contribution in [0.15, 0.2) is 36.4 Å². The summed E-state index contributed by atoms with van der Waals surface area (Å²) in [6.07, 6.45) is 1.87. The Bertz CT molecular complexity index is 1760. The van der Waals surface area contributed by atoms with Crippen LogP contribution in [0, 0.1) is 26.2 Å². The molecule has 0 bridgehead atoms. The zero-order valence-corrected chi connectivity index (χ0v) is 28.8. The summed E-state index contributed by atoms with van der Waals surface area (Å²) in [6, 6.07) is 13.2. The molecular formula is C37H46N4O3S.